The molecule has 0 bridgehead atoms. The zero-order valence-corrected chi connectivity index (χ0v) is 7.90. The molecule has 0 aromatic heterocycles. The highest BCUT2D eigenvalue weighted by Gasteiger charge is 2.18. The van der Waals surface area contributed by atoms with Crippen molar-refractivity contribution in [1.29, 1.82) is 0 Å². The lowest BCUT2D eigenvalue weighted by Gasteiger charge is -2.10. The summed E-state index contributed by atoms with van der Waals surface area (Å²) >= 11 is 0. The first kappa shape index (κ1) is 9.24. The molecule has 74 valence electrons. The molecule has 2 rings (SSSR count). The molecule has 0 spiro atoms. The van der Waals surface area contributed by atoms with Crippen molar-refractivity contribution in [2.45, 2.75) is 13.0 Å². The SMILES string of the molecule is C=C1COC(NCc2ccccc2)O1. The van der Waals surface area contributed by atoms with Crippen LogP contribution in [0.25, 0.3) is 0 Å². The van der Waals surface area contributed by atoms with Crippen LogP contribution in [0.2, 0.25) is 0 Å². The average Bonchev–Trinajstić information content (AvgIpc) is 2.63. The number of nitrogens with one attached hydrogen (secondary N) is 1. The summed E-state index contributed by atoms with van der Waals surface area (Å²) in [6.07, 6.45) is -0.345. The van der Waals surface area contributed by atoms with E-state index < -0.39 is 0 Å². The summed E-state index contributed by atoms with van der Waals surface area (Å²) < 4.78 is 10.5. The molecule has 1 aliphatic heterocycles. The highest BCUT2D eigenvalue weighted by atomic mass is 16.7. The summed E-state index contributed by atoms with van der Waals surface area (Å²) in [5.74, 6) is 0.676. The first-order valence-corrected chi connectivity index (χ1v) is 4.58. The number of benzene rings is 1. The minimum atomic E-state index is -0.345. The molecule has 3 heteroatoms. The minimum absolute atomic E-state index is 0.345. The van der Waals surface area contributed by atoms with E-state index in [0.717, 1.165) is 6.54 Å². The minimum Gasteiger partial charge on any atom is -0.454 e. The van der Waals surface area contributed by atoms with Gasteiger partial charge in [0.15, 0.2) is 0 Å². The Hall–Kier alpha value is -1.32. The van der Waals surface area contributed by atoms with Crippen molar-refractivity contribution in [2.75, 3.05) is 6.61 Å². The number of rotatable bonds is 3. The maximum absolute atomic E-state index is 5.26. The van der Waals surface area contributed by atoms with Crippen molar-refractivity contribution in [3.63, 3.8) is 0 Å². The molecule has 0 saturated carbocycles. The standard InChI is InChI=1S/C11H13NO2/c1-9-8-13-11(14-9)12-7-10-5-3-2-4-6-10/h2-6,11-12H,1,7-8H2. The largest absolute Gasteiger partial charge is 0.454 e. The third-order valence-electron chi connectivity index (χ3n) is 1.99. The van der Waals surface area contributed by atoms with E-state index in [4.69, 9.17) is 9.47 Å². The van der Waals surface area contributed by atoms with Gasteiger partial charge in [-0.25, -0.2) is 0 Å². The van der Waals surface area contributed by atoms with Crippen LogP contribution in [0.5, 0.6) is 0 Å². The number of ether oxygens (including phenoxy) is 2. The first-order valence-electron chi connectivity index (χ1n) is 4.58. The van der Waals surface area contributed by atoms with Crippen LogP contribution in [0.4, 0.5) is 0 Å². The van der Waals surface area contributed by atoms with Gasteiger partial charge in [0.05, 0.1) is 0 Å². The van der Waals surface area contributed by atoms with E-state index in [1.165, 1.54) is 5.56 Å². The van der Waals surface area contributed by atoms with Gasteiger partial charge in [-0.05, 0) is 5.56 Å². The molecule has 1 saturated heterocycles. The molecular weight excluding hydrogens is 178 g/mol. The second-order valence-electron chi connectivity index (χ2n) is 3.17. The third kappa shape index (κ3) is 2.34. The fourth-order valence-electron chi connectivity index (χ4n) is 1.29. The Labute approximate surface area is 83.3 Å². The van der Waals surface area contributed by atoms with E-state index >= 15 is 0 Å². The van der Waals surface area contributed by atoms with Crippen molar-refractivity contribution in [2.24, 2.45) is 0 Å². The molecule has 0 aliphatic carbocycles. The number of hydrogen-bond donors (Lipinski definition) is 1. The molecular formula is C11H13NO2. The molecule has 1 N–H and O–H groups in total. The van der Waals surface area contributed by atoms with E-state index in [2.05, 4.69) is 24.0 Å². The van der Waals surface area contributed by atoms with Crippen molar-refractivity contribution in [3.05, 3.63) is 48.2 Å². The Bertz CT molecular complexity index is 310. The molecule has 1 fully saturated rings. The third-order valence-corrected chi connectivity index (χ3v) is 1.99. The lowest BCUT2D eigenvalue weighted by Crippen LogP contribution is -2.28. The van der Waals surface area contributed by atoms with E-state index in [9.17, 15) is 0 Å². The van der Waals surface area contributed by atoms with Crippen molar-refractivity contribution in [1.82, 2.24) is 5.32 Å². The van der Waals surface area contributed by atoms with Gasteiger partial charge >= 0.3 is 0 Å². The lowest BCUT2D eigenvalue weighted by atomic mass is 10.2. The van der Waals surface area contributed by atoms with Crippen molar-refractivity contribution < 1.29 is 9.47 Å². The molecule has 0 radical (unpaired) electrons. The second kappa shape index (κ2) is 4.26. The molecule has 14 heavy (non-hydrogen) atoms. The lowest BCUT2D eigenvalue weighted by molar-refractivity contribution is -0.0582. The molecule has 1 atom stereocenters. The van der Waals surface area contributed by atoms with Gasteiger partial charge in [0.2, 0.25) is 0 Å². The molecule has 3 nitrogen and oxygen atoms in total. The zero-order chi connectivity index (χ0) is 9.80. The van der Waals surface area contributed by atoms with Crippen LogP contribution in [-0.2, 0) is 16.0 Å². The van der Waals surface area contributed by atoms with E-state index in [1.54, 1.807) is 0 Å². The Morgan fingerprint density at radius 1 is 1.36 bits per heavy atom. The zero-order valence-electron chi connectivity index (χ0n) is 7.90. The fraction of sp³-hybridized carbons (Fsp3) is 0.273. The smallest absolute Gasteiger partial charge is 0.259 e. The van der Waals surface area contributed by atoms with Gasteiger partial charge in [-0.3, -0.25) is 5.32 Å². The Balaban J connectivity index is 1.80. The van der Waals surface area contributed by atoms with Crippen LogP contribution in [0.15, 0.2) is 42.7 Å². The van der Waals surface area contributed by atoms with Crippen LogP contribution in [-0.4, -0.2) is 13.0 Å². The quantitative estimate of drug-likeness (QED) is 0.787. The summed E-state index contributed by atoms with van der Waals surface area (Å²) in [6.45, 7) is 4.89. The van der Waals surface area contributed by atoms with Crippen molar-refractivity contribution in [3.8, 4) is 0 Å². The van der Waals surface area contributed by atoms with Crippen LogP contribution in [0.1, 0.15) is 5.56 Å². The monoisotopic (exact) mass is 191 g/mol. The molecule has 0 amide bonds. The van der Waals surface area contributed by atoms with E-state index in [0.29, 0.717) is 12.4 Å². The van der Waals surface area contributed by atoms with Crippen molar-refractivity contribution >= 4 is 0 Å². The van der Waals surface area contributed by atoms with Gasteiger partial charge in [-0.1, -0.05) is 36.9 Å². The number of hydrogen-bond acceptors (Lipinski definition) is 3. The van der Waals surface area contributed by atoms with E-state index in [1.807, 2.05) is 18.2 Å². The molecule has 1 aromatic carbocycles. The first-order chi connectivity index (χ1) is 6.84. The fourth-order valence-corrected chi connectivity index (χ4v) is 1.29. The van der Waals surface area contributed by atoms with Gasteiger partial charge in [0.1, 0.15) is 12.4 Å². The summed E-state index contributed by atoms with van der Waals surface area (Å²) in [7, 11) is 0. The molecule has 1 unspecified atom stereocenters. The maximum atomic E-state index is 5.26. The topological polar surface area (TPSA) is 30.5 Å². The van der Waals surface area contributed by atoms with E-state index in [-0.39, 0.29) is 6.41 Å². The normalized spacial score (nSPS) is 20.9. The average molecular weight is 191 g/mol. The maximum Gasteiger partial charge on any atom is 0.259 e. The van der Waals surface area contributed by atoms with Gasteiger partial charge in [-0.15, -0.1) is 0 Å². The highest BCUT2D eigenvalue weighted by molar-refractivity contribution is 5.14. The Kier molecular flexibility index (Phi) is 2.81. The second-order valence-corrected chi connectivity index (χ2v) is 3.17. The van der Waals surface area contributed by atoms with Gasteiger partial charge in [0, 0.05) is 6.54 Å². The van der Waals surface area contributed by atoms with Gasteiger partial charge in [0.25, 0.3) is 6.41 Å². The predicted octanol–water partition coefficient (Wildman–Crippen LogP) is 1.62. The predicted molar refractivity (Wildman–Crippen MR) is 53.2 cm³/mol. The Morgan fingerprint density at radius 2 is 2.14 bits per heavy atom. The van der Waals surface area contributed by atoms with Gasteiger partial charge < -0.3 is 9.47 Å². The molecule has 1 heterocycles. The van der Waals surface area contributed by atoms with Crippen LogP contribution in [0.3, 0.4) is 0 Å². The molecule has 1 aromatic rings. The highest BCUT2D eigenvalue weighted by Crippen LogP contribution is 2.10. The van der Waals surface area contributed by atoms with Crippen LogP contribution < -0.4 is 5.32 Å². The summed E-state index contributed by atoms with van der Waals surface area (Å²) in [5, 5.41) is 3.12. The molecule has 1 aliphatic rings. The van der Waals surface area contributed by atoms with Gasteiger partial charge in [-0.2, -0.15) is 0 Å². The van der Waals surface area contributed by atoms with Crippen LogP contribution >= 0.6 is 0 Å². The Morgan fingerprint density at radius 3 is 2.79 bits per heavy atom. The van der Waals surface area contributed by atoms with Crippen LogP contribution in [0, 0.1) is 0 Å². The summed E-state index contributed by atoms with van der Waals surface area (Å²) in [4.78, 5) is 0. The summed E-state index contributed by atoms with van der Waals surface area (Å²) in [5.41, 5.74) is 1.21. The summed E-state index contributed by atoms with van der Waals surface area (Å²) in [6, 6.07) is 10.1.